The summed E-state index contributed by atoms with van der Waals surface area (Å²) in [5, 5.41) is 8.33. The number of aryl methyl sites for hydroxylation is 1. The summed E-state index contributed by atoms with van der Waals surface area (Å²) in [5.41, 5.74) is 0. The lowest BCUT2D eigenvalue weighted by atomic mass is 10.3. The van der Waals surface area contributed by atoms with Gasteiger partial charge in [0, 0.05) is 20.6 Å². The van der Waals surface area contributed by atoms with E-state index in [2.05, 4.69) is 15.9 Å². The van der Waals surface area contributed by atoms with Crippen LogP contribution in [0.3, 0.4) is 0 Å². The zero-order valence-corrected chi connectivity index (χ0v) is 10.2. The smallest absolute Gasteiger partial charge is 0.329 e. The van der Waals surface area contributed by atoms with Crippen LogP contribution in [0.5, 0.6) is 0 Å². The van der Waals surface area contributed by atoms with Crippen molar-refractivity contribution in [2.45, 2.75) is 13.3 Å². The van der Waals surface area contributed by atoms with Crippen molar-refractivity contribution in [3.05, 3.63) is 20.3 Å². The van der Waals surface area contributed by atoms with Crippen LogP contribution in [0.1, 0.15) is 9.75 Å². The molecule has 14 heavy (non-hydrogen) atoms. The topological polar surface area (TPSA) is 46.5 Å². The molecule has 0 fully saturated rings. The Morgan fingerprint density at radius 2 is 2.43 bits per heavy atom. The maximum atomic E-state index is 10.1. The average molecular weight is 279 g/mol. The van der Waals surface area contributed by atoms with Crippen molar-refractivity contribution < 1.29 is 14.6 Å². The Morgan fingerprint density at radius 1 is 1.71 bits per heavy atom. The standard InChI is InChI=1S/C9H11BrO3S/c1-6-8(10)4-7(14-6)2-3-13-5-9(11)12/h4H,2-3,5H2,1H3,(H,11,12). The van der Waals surface area contributed by atoms with Crippen LogP contribution in [-0.2, 0) is 16.0 Å². The first-order valence-electron chi connectivity index (χ1n) is 4.14. The highest BCUT2D eigenvalue weighted by Gasteiger charge is 2.03. The quantitative estimate of drug-likeness (QED) is 0.842. The Morgan fingerprint density at radius 3 is 2.93 bits per heavy atom. The van der Waals surface area contributed by atoms with Gasteiger partial charge in [0.25, 0.3) is 0 Å². The van der Waals surface area contributed by atoms with Crippen LogP contribution < -0.4 is 0 Å². The van der Waals surface area contributed by atoms with Gasteiger partial charge in [0.1, 0.15) is 6.61 Å². The fraction of sp³-hybridized carbons (Fsp3) is 0.444. The molecule has 0 radical (unpaired) electrons. The van der Waals surface area contributed by atoms with E-state index in [1.807, 2.05) is 13.0 Å². The van der Waals surface area contributed by atoms with Crippen LogP contribution in [0.4, 0.5) is 0 Å². The van der Waals surface area contributed by atoms with Crippen LogP contribution in [0.2, 0.25) is 0 Å². The van der Waals surface area contributed by atoms with E-state index >= 15 is 0 Å². The second-order valence-electron chi connectivity index (χ2n) is 2.81. The largest absolute Gasteiger partial charge is 0.480 e. The van der Waals surface area contributed by atoms with Crippen LogP contribution in [0.15, 0.2) is 10.5 Å². The van der Waals surface area contributed by atoms with E-state index in [4.69, 9.17) is 9.84 Å². The second kappa shape index (κ2) is 5.48. The minimum atomic E-state index is -0.923. The summed E-state index contributed by atoms with van der Waals surface area (Å²) < 4.78 is 6.05. The zero-order valence-electron chi connectivity index (χ0n) is 7.75. The summed E-state index contributed by atoms with van der Waals surface area (Å²) in [5.74, 6) is -0.923. The normalized spacial score (nSPS) is 10.4. The number of carbonyl (C=O) groups is 1. The molecule has 0 aliphatic rings. The fourth-order valence-corrected chi connectivity index (χ4v) is 2.56. The average Bonchev–Trinajstić information content (AvgIpc) is 2.40. The molecule has 78 valence electrons. The van der Waals surface area contributed by atoms with Gasteiger partial charge >= 0.3 is 5.97 Å². The molecule has 0 aliphatic heterocycles. The Labute approximate surface area is 94.8 Å². The highest BCUT2D eigenvalue weighted by atomic mass is 79.9. The molecule has 1 aromatic rings. The summed E-state index contributed by atoms with van der Waals surface area (Å²) in [4.78, 5) is 12.6. The van der Waals surface area contributed by atoms with E-state index < -0.39 is 5.97 Å². The molecular formula is C9H11BrO3S. The predicted molar refractivity (Wildman–Crippen MR) is 58.9 cm³/mol. The van der Waals surface area contributed by atoms with Crippen LogP contribution >= 0.6 is 27.3 Å². The van der Waals surface area contributed by atoms with Gasteiger partial charge < -0.3 is 9.84 Å². The lowest BCUT2D eigenvalue weighted by Gasteiger charge is -1.98. The SMILES string of the molecule is Cc1sc(CCOCC(=O)O)cc1Br. The number of aliphatic carboxylic acids is 1. The number of thiophene rings is 1. The minimum Gasteiger partial charge on any atom is -0.480 e. The highest BCUT2D eigenvalue weighted by molar-refractivity contribution is 9.10. The van der Waals surface area contributed by atoms with Gasteiger partial charge in [-0.2, -0.15) is 0 Å². The molecule has 0 unspecified atom stereocenters. The number of halogens is 1. The number of rotatable bonds is 5. The van der Waals surface area contributed by atoms with Crippen molar-refractivity contribution >= 4 is 33.2 Å². The summed E-state index contributed by atoms with van der Waals surface area (Å²) >= 11 is 5.12. The molecule has 1 rings (SSSR count). The molecule has 0 saturated carbocycles. The maximum absolute atomic E-state index is 10.1. The van der Waals surface area contributed by atoms with Gasteiger partial charge in [-0.15, -0.1) is 11.3 Å². The van der Waals surface area contributed by atoms with Crippen LogP contribution in [0, 0.1) is 6.92 Å². The number of carboxylic acid groups (broad SMARTS) is 1. The van der Waals surface area contributed by atoms with E-state index in [1.165, 1.54) is 9.75 Å². The summed E-state index contributed by atoms with van der Waals surface area (Å²) in [6, 6.07) is 2.05. The van der Waals surface area contributed by atoms with Gasteiger partial charge in [-0.25, -0.2) is 4.79 Å². The zero-order chi connectivity index (χ0) is 10.6. The molecule has 1 aromatic heterocycles. The maximum Gasteiger partial charge on any atom is 0.329 e. The van der Waals surface area contributed by atoms with Crippen molar-refractivity contribution in [2.24, 2.45) is 0 Å². The van der Waals surface area contributed by atoms with Crippen molar-refractivity contribution in [3.8, 4) is 0 Å². The number of hydrogen-bond acceptors (Lipinski definition) is 3. The highest BCUT2D eigenvalue weighted by Crippen LogP contribution is 2.26. The summed E-state index contributed by atoms with van der Waals surface area (Å²) in [7, 11) is 0. The summed E-state index contributed by atoms with van der Waals surface area (Å²) in [6.45, 7) is 2.28. The van der Waals surface area contributed by atoms with Crippen molar-refractivity contribution in [3.63, 3.8) is 0 Å². The Balaban J connectivity index is 2.28. The molecular weight excluding hydrogens is 268 g/mol. The second-order valence-corrected chi connectivity index (χ2v) is 5.01. The minimum absolute atomic E-state index is 0.217. The lowest BCUT2D eigenvalue weighted by Crippen LogP contribution is -2.08. The third kappa shape index (κ3) is 3.77. The number of carboxylic acids is 1. The van der Waals surface area contributed by atoms with Gasteiger partial charge in [-0.1, -0.05) is 0 Å². The van der Waals surface area contributed by atoms with Crippen molar-refractivity contribution in [2.75, 3.05) is 13.2 Å². The van der Waals surface area contributed by atoms with E-state index in [1.54, 1.807) is 11.3 Å². The lowest BCUT2D eigenvalue weighted by molar-refractivity contribution is -0.142. The molecule has 0 aromatic carbocycles. The van der Waals surface area contributed by atoms with Crippen molar-refractivity contribution in [1.29, 1.82) is 0 Å². The molecule has 0 amide bonds. The van der Waals surface area contributed by atoms with Gasteiger partial charge in [0.15, 0.2) is 0 Å². The molecule has 0 aliphatic carbocycles. The molecule has 3 nitrogen and oxygen atoms in total. The van der Waals surface area contributed by atoms with Gasteiger partial charge in [0.2, 0.25) is 0 Å². The molecule has 0 bridgehead atoms. The van der Waals surface area contributed by atoms with E-state index in [0.29, 0.717) is 6.61 Å². The molecule has 0 atom stereocenters. The van der Waals surface area contributed by atoms with Crippen LogP contribution in [0.25, 0.3) is 0 Å². The van der Waals surface area contributed by atoms with Crippen LogP contribution in [-0.4, -0.2) is 24.3 Å². The van der Waals surface area contributed by atoms with Gasteiger partial charge in [0.05, 0.1) is 6.61 Å². The Hall–Kier alpha value is -0.390. The van der Waals surface area contributed by atoms with Gasteiger partial charge in [-0.3, -0.25) is 0 Å². The van der Waals surface area contributed by atoms with E-state index in [0.717, 1.165) is 10.9 Å². The molecule has 1 N–H and O–H groups in total. The first-order chi connectivity index (χ1) is 6.59. The number of hydrogen-bond donors (Lipinski definition) is 1. The number of ether oxygens (including phenoxy) is 1. The molecule has 5 heteroatoms. The molecule has 1 heterocycles. The third-order valence-electron chi connectivity index (χ3n) is 1.63. The van der Waals surface area contributed by atoms with E-state index in [9.17, 15) is 4.79 Å². The predicted octanol–water partition coefficient (Wildman–Crippen LogP) is 2.46. The fourth-order valence-electron chi connectivity index (χ4n) is 0.973. The molecule has 0 saturated heterocycles. The third-order valence-corrected chi connectivity index (χ3v) is 3.82. The Kier molecular flexibility index (Phi) is 4.57. The first kappa shape index (κ1) is 11.7. The Bertz CT molecular complexity index is 302. The monoisotopic (exact) mass is 278 g/mol. The van der Waals surface area contributed by atoms with Crippen molar-refractivity contribution in [1.82, 2.24) is 0 Å². The summed E-state index contributed by atoms with van der Waals surface area (Å²) in [6.07, 6.45) is 0.768. The molecule has 0 spiro atoms. The first-order valence-corrected chi connectivity index (χ1v) is 5.75. The van der Waals surface area contributed by atoms with Gasteiger partial charge in [-0.05, 0) is 28.9 Å². The van der Waals surface area contributed by atoms with E-state index in [-0.39, 0.29) is 6.61 Å².